The molecule has 0 aliphatic rings. The summed E-state index contributed by atoms with van der Waals surface area (Å²) in [6.45, 7) is 37.2. The molecule has 0 spiro atoms. The fourth-order valence-electron chi connectivity index (χ4n) is 8.76. The molecule has 0 saturated heterocycles. The molecule has 0 aliphatic heterocycles. The Morgan fingerprint density at radius 1 is 0.457 bits per heavy atom. The Kier molecular flexibility index (Phi) is 25.0. The van der Waals surface area contributed by atoms with Crippen LogP contribution in [-0.4, -0.2) is 34.7 Å². The number of benzene rings is 5. The maximum atomic E-state index is 14.4. The Morgan fingerprint density at radius 3 is 0.926 bits per heavy atom. The average Bonchev–Trinajstić information content (AvgIpc) is 3.33. The molecule has 0 radical (unpaired) electrons. The van der Waals surface area contributed by atoms with Crippen molar-refractivity contribution in [2.24, 2.45) is 10.4 Å². The van der Waals surface area contributed by atoms with Crippen LogP contribution in [-0.2, 0) is 24.3 Å². The number of rotatable bonds is 14. The molecule has 0 heterocycles. The average molecular weight is 1240 g/mol. The first kappa shape index (κ1) is 72.1. The molecule has 0 atom stereocenters. The minimum atomic E-state index is -3.96. The molecule has 81 heavy (non-hydrogen) atoms. The Labute approximate surface area is 480 Å². The van der Waals surface area contributed by atoms with E-state index < -0.39 is 132 Å². The second-order valence-corrected chi connectivity index (χ2v) is 33.0. The van der Waals surface area contributed by atoms with Gasteiger partial charge in [-0.25, -0.2) is 65.9 Å². The van der Waals surface area contributed by atoms with Crippen LogP contribution in [0.1, 0.15) is 136 Å². The van der Waals surface area contributed by atoms with E-state index >= 15 is 0 Å². The molecule has 23 heteroatoms. The van der Waals surface area contributed by atoms with E-state index in [2.05, 4.69) is 131 Å². The molecule has 0 N–H and O–H groups in total. The zero-order chi connectivity index (χ0) is 61.9. The number of Topliss-reactive ketones (excluding diaryl/α,β-unsaturated/α-hetero) is 1. The maximum absolute atomic E-state index is 14.4. The Balaban J connectivity index is 0.000000476. The van der Waals surface area contributed by atoms with E-state index in [0.717, 1.165) is 22.8 Å². The predicted octanol–water partition coefficient (Wildman–Crippen LogP) is 18.2. The second kappa shape index (κ2) is 28.1. The van der Waals surface area contributed by atoms with Crippen LogP contribution in [0.25, 0.3) is 9.96 Å². The molecule has 0 aliphatic carbocycles. The van der Waals surface area contributed by atoms with Crippen molar-refractivity contribution in [2.45, 2.75) is 153 Å². The van der Waals surface area contributed by atoms with E-state index in [9.17, 15) is 70.7 Å². The molecule has 5 rings (SSSR count). The number of carbonyl (C=O) groups excluding carboxylic acids is 1. The normalized spacial score (nSPS) is 12.5. The minimum Gasteiger partial charge on any atom is -0.668 e. The summed E-state index contributed by atoms with van der Waals surface area (Å²) in [7, 11) is -2.21. The summed E-state index contributed by atoms with van der Waals surface area (Å²) in [6, 6.07) is 12.9. The summed E-state index contributed by atoms with van der Waals surface area (Å²) in [6.07, 6.45) is 0. The summed E-state index contributed by atoms with van der Waals surface area (Å²) in [5.74, 6) is -43.9. The van der Waals surface area contributed by atoms with Gasteiger partial charge in [0.2, 0.25) is 0 Å². The van der Waals surface area contributed by atoms with Crippen LogP contribution in [0.15, 0.2) is 52.7 Å². The van der Waals surface area contributed by atoms with E-state index in [-0.39, 0.29) is 25.3 Å². The zero-order valence-corrected chi connectivity index (χ0v) is 53.9. The van der Waals surface area contributed by atoms with Crippen molar-refractivity contribution in [3.63, 3.8) is 0 Å². The Bertz CT molecular complexity index is 2880. The standard InChI is InChI=1S/C34H50N2O.C18BF15.C6H18NSi2.Zn/c1-20(2)26-16-14-17-27(21(3)4)31(26)35-24(9)30(33(37)34(11,12)13)25(10)36-32-28(22(5)6)18-15-19-29(32)23(7)8;20-4-1(5(21)11(27)16(32)10(4)26)19(2-6(22)12(28)17(33)13(29)7(2)23)3-8(24)14(30)18(34)15(31)9(3)25;1-8(2,3)7-9(4,5)6;/h14-23H,1-13H3,(H,35,36,37);;1-6H3;/q;;-1;+2/p-1. The predicted molar refractivity (Wildman–Crippen MR) is 296 cm³/mol. The summed E-state index contributed by atoms with van der Waals surface area (Å²) in [5.41, 5.74) is 0.274. The fraction of sp³-hybridized carbons (Fsp3) is 0.414. The van der Waals surface area contributed by atoms with Crippen LogP contribution < -0.4 is 16.4 Å². The Hall–Kier alpha value is -4.99. The number of allylic oxidation sites excluding steroid dienone is 2. The number of hydrogen-bond acceptors (Lipinski definition) is 2. The van der Waals surface area contributed by atoms with Crippen molar-refractivity contribution in [2.75, 3.05) is 0 Å². The van der Waals surface area contributed by atoms with Crippen LogP contribution in [0, 0.1) is 92.7 Å². The van der Waals surface area contributed by atoms with E-state index in [0.29, 0.717) is 29.2 Å². The minimum absolute atomic E-state index is 0. The van der Waals surface area contributed by atoms with Gasteiger partial charge >= 0.3 is 19.5 Å². The van der Waals surface area contributed by atoms with Crippen molar-refractivity contribution in [1.82, 2.24) is 0 Å². The van der Waals surface area contributed by atoms with Gasteiger partial charge in [-0.15, -0.1) is 11.4 Å². The maximum Gasteiger partial charge on any atom is 2.00 e. The smallest absolute Gasteiger partial charge is 0.668 e. The molecule has 4 nitrogen and oxygen atoms in total. The number of carbonyl (C=O) groups is 1. The largest absolute Gasteiger partial charge is 2.00 e. The molecule has 0 unspecified atom stereocenters. The SMILES string of the molecule is CC(=Nc1c(C(C)C)cccc1C(C)C)/C(C(=O)C(C)(C)C)=C(/C)[N-]c1c(C(C)C)cccc1C(C)C.C[Si](C)(C)[N-][Si](C)(C)C.Fc1c(F)c(F)c(B(c2c(F)c(F)c(F)c(F)c2F)c2c(F)c(F)c(F)c(F)c2F)c(F)c1F.[Zn+2]. The van der Waals surface area contributed by atoms with Gasteiger partial charge < -0.3 is 9.96 Å². The number of para-hydroxylation sites is 2. The molecule has 0 fully saturated rings. The third kappa shape index (κ3) is 16.6. The van der Waals surface area contributed by atoms with Crippen LogP contribution >= 0.6 is 0 Å². The van der Waals surface area contributed by atoms with Gasteiger partial charge in [0.25, 0.3) is 6.71 Å². The monoisotopic (exact) mass is 1240 g/mol. The van der Waals surface area contributed by atoms with Crippen LogP contribution in [0.5, 0.6) is 0 Å². The quantitative estimate of drug-likeness (QED) is 0.0273. The van der Waals surface area contributed by atoms with Crippen molar-refractivity contribution >= 4 is 62.4 Å². The van der Waals surface area contributed by atoms with Crippen molar-refractivity contribution in [1.29, 1.82) is 0 Å². The molecule has 5 aromatic carbocycles. The van der Waals surface area contributed by atoms with Gasteiger partial charge in [-0.05, 0) is 41.7 Å². The Morgan fingerprint density at radius 2 is 0.704 bits per heavy atom. The van der Waals surface area contributed by atoms with Gasteiger partial charge in [0, 0.05) is 33.1 Å². The summed E-state index contributed by atoms with van der Waals surface area (Å²) >= 11 is 0. The number of aliphatic imine (C=N–C) groups is 1. The van der Waals surface area contributed by atoms with Gasteiger partial charge in [0.05, 0.1) is 5.69 Å². The van der Waals surface area contributed by atoms with Crippen molar-refractivity contribution in [3.8, 4) is 0 Å². The summed E-state index contributed by atoms with van der Waals surface area (Å²) in [4.78, 5) is 19.1. The summed E-state index contributed by atoms with van der Waals surface area (Å²) in [5, 5.41) is 5.19. The topological polar surface area (TPSA) is 57.6 Å². The summed E-state index contributed by atoms with van der Waals surface area (Å²) < 4.78 is 213. The van der Waals surface area contributed by atoms with E-state index in [1.807, 2.05) is 34.6 Å². The number of hydrogen-bond donors (Lipinski definition) is 0. The van der Waals surface area contributed by atoms with E-state index in [1.165, 1.54) is 22.3 Å². The number of ketones is 1. The van der Waals surface area contributed by atoms with Gasteiger partial charge in [-0.1, -0.05) is 186 Å². The molecule has 5 aromatic rings. The van der Waals surface area contributed by atoms with Gasteiger partial charge in [-0.2, -0.15) is 0 Å². The first-order valence-electron chi connectivity index (χ1n) is 25.5. The van der Waals surface area contributed by atoms with E-state index in [4.69, 9.17) is 15.0 Å². The molecular formula is C58H67BF15N3OSi2Zn. The van der Waals surface area contributed by atoms with Crippen LogP contribution in [0.2, 0.25) is 39.3 Å². The molecule has 0 bridgehead atoms. The van der Waals surface area contributed by atoms with Gasteiger partial charge in [0.15, 0.2) is 93.0 Å². The molecule has 0 amide bonds. The van der Waals surface area contributed by atoms with Crippen molar-refractivity contribution in [3.05, 3.63) is 167 Å². The molecular weight excluding hydrogens is 1170 g/mol. The van der Waals surface area contributed by atoms with Crippen LogP contribution in [0.3, 0.4) is 0 Å². The fourth-order valence-corrected chi connectivity index (χ4v) is 16.8. The van der Waals surface area contributed by atoms with E-state index in [1.54, 1.807) is 0 Å². The third-order valence-electron chi connectivity index (χ3n) is 12.1. The second-order valence-electron chi connectivity index (χ2n) is 23.4. The van der Waals surface area contributed by atoms with Crippen molar-refractivity contribution < 1.29 is 90.1 Å². The molecule has 0 saturated carbocycles. The number of nitrogens with zero attached hydrogens (tertiary/aromatic N) is 3. The zero-order valence-electron chi connectivity index (χ0n) is 49.0. The first-order valence-corrected chi connectivity index (χ1v) is 32.4. The third-order valence-corrected chi connectivity index (χ3v) is 17.5. The number of halogens is 15. The first-order chi connectivity index (χ1) is 36.4. The van der Waals surface area contributed by atoms with Crippen LogP contribution in [0.4, 0.5) is 77.2 Å². The molecule has 0 aromatic heterocycles. The van der Waals surface area contributed by atoms with Gasteiger partial charge in [0.1, 0.15) is 0 Å². The van der Waals surface area contributed by atoms with Gasteiger partial charge in [-0.3, -0.25) is 9.79 Å². The molecule has 438 valence electrons.